The summed E-state index contributed by atoms with van der Waals surface area (Å²) >= 11 is 0. The van der Waals surface area contributed by atoms with Crippen molar-refractivity contribution in [3.63, 3.8) is 0 Å². The molecule has 0 aromatic carbocycles. The third-order valence-corrected chi connectivity index (χ3v) is 2.59. The van der Waals surface area contributed by atoms with E-state index in [2.05, 4.69) is 0 Å². The van der Waals surface area contributed by atoms with E-state index in [9.17, 15) is 4.79 Å². The molecule has 2 aromatic rings. The summed E-state index contributed by atoms with van der Waals surface area (Å²) in [5, 5.41) is 0. The smallest absolute Gasteiger partial charge is 0.257 e. The van der Waals surface area contributed by atoms with E-state index < -0.39 is 0 Å². The molecule has 4 nitrogen and oxygen atoms in total. The van der Waals surface area contributed by atoms with Gasteiger partial charge in [-0.2, -0.15) is 0 Å². The Morgan fingerprint density at radius 2 is 2.18 bits per heavy atom. The van der Waals surface area contributed by atoms with Gasteiger partial charge in [-0.25, -0.2) is 0 Å². The zero-order valence-electron chi connectivity index (χ0n) is 10.2. The molecule has 4 heteroatoms. The Labute approximate surface area is 99.8 Å². The molecule has 90 valence electrons. The van der Waals surface area contributed by atoms with Crippen molar-refractivity contribution in [2.45, 2.75) is 20.4 Å². The van der Waals surface area contributed by atoms with Gasteiger partial charge in [0.05, 0.1) is 18.4 Å². The lowest BCUT2D eigenvalue weighted by atomic mass is 10.2. The first-order chi connectivity index (χ1) is 8.08. The molecule has 0 unspecified atom stereocenters. The number of carbonyl (C=O) groups is 1. The fourth-order valence-corrected chi connectivity index (χ4v) is 1.76. The lowest BCUT2D eigenvalue weighted by Crippen LogP contribution is -2.26. The standard InChI is InChI=1S/C13H15NO3/c1-9-7-12(10(2)17-9)13(15)14(3)8-11-5-4-6-16-11/h4-7H,8H2,1-3H3. The number of carbonyl (C=O) groups excluding carboxylic acids is 1. The van der Waals surface area contributed by atoms with Crippen LogP contribution in [0, 0.1) is 13.8 Å². The molecule has 0 aliphatic carbocycles. The van der Waals surface area contributed by atoms with Gasteiger partial charge in [0.1, 0.15) is 17.3 Å². The van der Waals surface area contributed by atoms with Gasteiger partial charge in [0.15, 0.2) is 0 Å². The van der Waals surface area contributed by atoms with Gasteiger partial charge >= 0.3 is 0 Å². The highest BCUT2D eigenvalue weighted by molar-refractivity contribution is 5.95. The third-order valence-electron chi connectivity index (χ3n) is 2.59. The summed E-state index contributed by atoms with van der Waals surface area (Å²) in [5.41, 5.74) is 0.608. The second kappa shape index (κ2) is 4.49. The molecule has 0 saturated heterocycles. The molecule has 0 fully saturated rings. The topological polar surface area (TPSA) is 46.6 Å². The van der Waals surface area contributed by atoms with Crippen LogP contribution in [0.5, 0.6) is 0 Å². The monoisotopic (exact) mass is 233 g/mol. The predicted molar refractivity (Wildman–Crippen MR) is 62.7 cm³/mol. The van der Waals surface area contributed by atoms with Gasteiger partial charge in [-0.05, 0) is 32.0 Å². The average molecular weight is 233 g/mol. The average Bonchev–Trinajstić information content (AvgIpc) is 2.87. The SMILES string of the molecule is Cc1cc(C(=O)N(C)Cc2ccco2)c(C)o1. The fraction of sp³-hybridized carbons (Fsp3) is 0.308. The summed E-state index contributed by atoms with van der Waals surface area (Å²) in [4.78, 5) is 13.7. The van der Waals surface area contributed by atoms with Crippen molar-refractivity contribution in [1.82, 2.24) is 4.90 Å². The molecule has 1 amide bonds. The lowest BCUT2D eigenvalue weighted by Gasteiger charge is -2.14. The molecule has 2 heterocycles. The molecule has 17 heavy (non-hydrogen) atoms. The number of furan rings is 2. The summed E-state index contributed by atoms with van der Waals surface area (Å²) in [5.74, 6) is 2.10. The number of rotatable bonds is 3. The lowest BCUT2D eigenvalue weighted by molar-refractivity contribution is 0.0773. The Bertz CT molecular complexity index is 511. The second-order valence-corrected chi connectivity index (χ2v) is 4.07. The molecule has 0 saturated carbocycles. The summed E-state index contributed by atoms with van der Waals surface area (Å²) < 4.78 is 10.6. The van der Waals surface area contributed by atoms with Gasteiger partial charge in [-0.15, -0.1) is 0 Å². The third kappa shape index (κ3) is 2.41. The van der Waals surface area contributed by atoms with E-state index in [0.29, 0.717) is 17.9 Å². The quantitative estimate of drug-likeness (QED) is 0.818. The van der Waals surface area contributed by atoms with Gasteiger partial charge in [-0.3, -0.25) is 4.79 Å². The van der Waals surface area contributed by atoms with Gasteiger partial charge in [0, 0.05) is 7.05 Å². The fourth-order valence-electron chi connectivity index (χ4n) is 1.76. The van der Waals surface area contributed by atoms with E-state index in [1.807, 2.05) is 13.0 Å². The maximum atomic E-state index is 12.1. The zero-order valence-corrected chi connectivity index (χ0v) is 10.2. The van der Waals surface area contributed by atoms with Crippen LogP contribution in [0.15, 0.2) is 33.3 Å². The molecule has 0 aliphatic rings. The van der Waals surface area contributed by atoms with E-state index in [4.69, 9.17) is 8.83 Å². The van der Waals surface area contributed by atoms with Crippen molar-refractivity contribution < 1.29 is 13.6 Å². The molecule has 0 atom stereocenters. The first-order valence-corrected chi connectivity index (χ1v) is 5.43. The molecule has 0 bridgehead atoms. The van der Waals surface area contributed by atoms with E-state index in [1.54, 1.807) is 37.3 Å². The Balaban J connectivity index is 2.12. The van der Waals surface area contributed by atoms with Crippen LogP contribution in [-0.2, 0) is 6.54 Å². The molecular formula is C13H15NO3. The Hall–Kier alpha value is -1.97. The molecule has 0 aliphatic heterocycles. The van der Waals surface area contributed by atoms with Crippen LogP contribution in [0.1, 0.15) is 27.6 Å². The van der Waals surface area contributed by atoms with Crippen LogP contribution < -0.4 is 0 Å². The first-order valence-electron chi connectivity index (χ1n) is 5.43. The highest BCUT2D eigenvalue weighted by Gasteiger charge is 2.18. The minimum absolute atomic E-state index is 0.0595. The minimum Gasteiger partial charge on any atom is -0.467 e. The zero-order chi connectivity index (χ0) is 12.4. The van der Waals surface area contributed by atoms with Crippen molar-refractivity contribution in [1.29, 1.82) is 0 Å². The Kier molecular flexibility index (Phi) is 3.04. The van der Waals surface area contributed by atoms with Crippen molar-refractivity contribution >= 4 is 5.91 Å². The van der Waals surface area contributed by atoms with E-state index >= 15 is 0 Å². The van der Waals surface area contributed by atoms with Gasteiger partial charge < -0.3 is 13.7 Å². The van der Waals surface area contributed by atoms with Gasteiger partial charge in [0.2, 0.25) is 0 Å². The van der Waals surface area contributed by atoms with Crippen LogP contribution in [0.3, 0.4) is 0 Å². The minimum atomic E-state index is -0.0595. The van der Waals surface area contributed by atoms with Gasteiger partial charge in [-0.1, -0.05) is 0 Å². The molecular weight excluding hydrogens is 218 g/mol. The largest absolute Gasteiger partial charge is 0.467 e. The summed E-state index contributed by atoms with van der Waals surface area (Å²) in [6.45, 7) is 4.08. The molecule has 0 radical (unpaired) electrons. The maximum Gasteiger partial charge on any atom is 0.257 e. The normalized spacial score (nSPS) is 10.5. The maximum absolute atomic E-state index is 12.1. The van der Waals surface area contributed by atoms with Crippen LogP contribution in [-0.4, -0.2) is 17.9 Å². The van der Waals surface area contributed by atoms with Crippen LogP contribution in [0.4, 0.5) is 0 Å². The predicted octanol–water partition coefficient (Wildman–Crippen LogP) is 2.76. The molecule has 2 rings (SSSR count). The number of hydrogen-bond acceptors (Lipinski definition) is 3. The van der Waals surface area contributed by atoms with E-state index in [-0.39, 0.29) is 5.91 Å². The second-order valence-electron chi connectivity index (χ2n) is 4.07. The van der Waals surface area contributed by atoms with Crippen molar-refractivity contribution in [3.05, 3.63) is 47.3 Å². The highest BCUT2D eigenvalue weighted by Crippen LogP contribution is 2.16. The van der Waals surface area contributed by atoms with E-state index in [0.717, 1.165) is 11.5 Å². The highest BCUT2D eigenvalue weighted by atomic mass is 16.3. The Morgan fingerprint density at radius 1 is 1.41 bits per heavy atom. The number of nitrogens with zero attached hydrogens (tertiary/aromatic N) is 1. The van der Waals surface area contributed by atoms with Crippen molar-refractivity contribution in [2.75, 3.05) is 7.05 Å². The summed E-state index contributed by atoms with van der Waals surface area (Å²) in [7, 11) is 1.74. The molecule has 0 N–H and O–H groups in total. The van der Waals surface area contributed by atoms with E-state index in [1.165, 1.54) is 0 Å². The number of hydrogen-bond donors (Lipinski definition) is 0. The van der Waals surface area contributed by atoms with Crippen molar-refractivity contribution in [3.8, 4) is 0 Å². The molecule has 0 spiro atoms. The summed E-state index contributed by atoms with van der Waals surface area (Å²) in [6, 6.07) is 5.41. The first kappa shape index (κ1) is 11.5. The van der Waals surface area contributed by atoms with Crippen molar-refractivity contribution in [2.24, 2.45) is 0 Å². The van der Waals surface area contributed by atoms with Crippen LogP contribution in [0.2, 0.25) is 0 Å². The van der Waals surface area contributed by atoms with Crippen LogP contribution >= 0.6 is 0 Å². The molecule has 2 aromatic heterocycles. The summed E-state index contributed by atoms with van der Waals surface area (Å²) in [6.07, 6.45) is 1.60. The number of amides is 1. The van der Waals surface area contributed by atoms with Gasteiger partial charge in [0.25, 0.3) is 5.91 Å². The Morgan fingerprint density at radius 3 is 2.71 bits per heavy atom. The number of aryl methyl sites for hydroxylation is 2. The van der Waals surface area contributed by atoms with Crippen LogP contribution in [0.25, 0.3) is 0 Å².